The van der Waals surface area contributed by atoms with Crippen molar-refractivity contribution in [1.29, 1.82) is 0 Å². The maximum absolute atomic E-state index is 12.6. The molecule has 0 atom stereocenters. The molecule has 0 radical (unpaired) electrons. The lowest BCUT2D eigenvalue weighted by Gasteiger charge is -2.18. The molecule has 1 aliphatic heterocycles. The van der Waals surface area contributed by atoms with Gasteiger partial charge >= 0.3 is 0 Å². The highest BCUT2D eigenvalue weighted by atomic mass is 32.2. The van der Waals surface area contributed by atoms with Gasteiger partial charge < -0.3 is 5.32 Å². The van der Waals surface area contributed by atoms with Crippen molar-refractivity contribution >= 4 is 33.1 Å². The fourth-order valence-corrected chi connectivity index (χ4v) is 5.84. The number of nitrogens with one attached hydrogen (secondary N) is 1. The smallest absolute Gasteiger partial charge is 0.252 e. The Morgan fingerprint density at radius 1 is 1.35 bits per heavy atom. The minimum atomic E-state index is -3.29. The van der Waals surface area contributed by atoms with E-state index in [1.54, 1.807) is 4.31 Å². The number of thiophene rings is 1. The van der Waals surface area contributed by atoms with Crippen molar-refractivity contribution in [3.05, 3.63) is 17.0 Å². The summed E-state index contributed by atoms with van der Waals surface area (Å²) < 4.78 is 27.3. The third-order valence-corrected chi connectivity index (χ3v) is 7.53. The van der Waals surface area contributed by atoms with Gasteiger partial charge in [0.05, 0.1) is 0 Å². The van der Waals surface area contributed by atoms with Crippen LogP contribution in [0.2, 0.25) is 0 Å². The van der Waals surface area contributed by atoms with Crippen LogP contribution in [0, 0.1) is 0 Å². The van der Waals surface area contributed by atoms with Gasteiger partial charge in [0.2, 0.25) is 0 Å². The molecule has 0 aromatic carbocycles. The Morgan fingerprint density at radius 2 is 2.15 bits per heavy atom. The Kier molecular flexibility index (Phi) is 5.92. The summed E-state index contributed by atoms with van der Waals surface area (Å²) in [5.41, 5.74) is 1.05. The van der Waals surface area contributed by atoms with Crippen molar-refractivity contribution in [2.45, 2.75) is 37.1 Å². The van der Waals surface area contributed by atoms with E-state index in [-0.39, 0.29) is 0 Å². The van der Waals surface area contributed by atoms with Gasteiger partial charge in [-0.2, -0.15) is 16.1 Å². The molecule has 4 nitrogen and oxygen atoms in total. The summed E-state index contributed by atoms with van der Waals surface area (Å²) in [6.07, 6.45) is 0.942. The summed E-state index contributed by atoms with van der Waals surface area (Å²) in [5, 5.41) is 5.25. The fraction of sp³-hybridized carbons (Fsp3) is 0.692. The molecule has 1 aliphatic rings. The van der Waals surface area contributed by atoms with Crippen LogP contribution in [0.15, 0.2) is 15.7 Å². The Hall–Kier alpha value is -0.0800. The van der Waals surface area contributed by atoms with Gasteiger partial charge in [0.25, 0.3) is 10.0 Å². The van der Waals surface area contributed by atoms with Crippen molar-refractivity contribution in [2.75, 3.05) is 24.6 Å². The van der Waals surface area contributed by atoms with Crippen molar-refractivity contribution in [3.63, 3.8) is 0 Å². The van der Waals surface area contributed by atoms with Crippen LogP contribution in [0.5, 0.6) is 0 Å². The third-order valence-electron chi connectivity index (χ3n) is 3.12. The van der Waals surface area contributed by atoms with Crippen molar-refractivity contribution in [1.82, 2.24) is 9.62 Å². The van der Waals surface area contributed by atoms with Crippen LogP contribution in [-0.2, 0) is 16.6 Å². The van der Waals surface area contributed by atoms with Gasteiger partial charge in [-0.3, -0.25) is 0 Å². The van der Waals surface area contributed by atoms with Crippen LogP contribution < -0.4 is 5.32 Å². The Bertz CT molecular complexity index is 517. The minimum absolute atomic E-state index is 0.401. The van der Waals surface area contributed by atoms with Gasteiger partial charge in [0, 0.05) is 31.4 Å². The molecule has 0 saturated carbocycles. The average molecular weight is 335 g/mol. The molecule has 2 rings (SSSR count). The zero-order valence-corrected chi connectivity index (χ0v) is 14.4. The fourth-order valence-electron chi connectivity index (χ4n) is 1.99. The maximum Gasteiger partial charge on any atom is 0.252 e. The standard InChI is InChI=1S/C13H22N2O2S3/c1-11(2)14-9-12-8-13(19-10-12)20(16,17)15-4-3-6-18-7-5-15/h8,10-11,14H,3-7,9H2,1-2H3. The highest BCUT2D eigenvalue weighted by molar-refractivity contribution is 7.99. The third kappa shape index (κ3) is 4.21. The van der Waals surface area contributed by atoms with Crippen molar-refractivity contribution in [2.24, 2.45) is 0 Å². The van der Waals surface area contributed by atoms with Crippen LogP contribution in [0.3, 0.4) is 0 Å². The molecule has 7 heteroatoms. The van der Waals surface area contributed by atoms with E-state index in [4.69, 9.17) is 0 Å². The van der Waals surface area contributed by atoms with E-state index in [1.807, 2.05) is 23.2 Å². The average Bonchev–Trinajstić information content (AvgIpc) is 2.70. The topological polar surface area (TPSA) is 49.4 Å². The monoisotopic (exact) mass is 334 g/mol. The van der Waals surface area contributed by atoms with Crippen molar-refractivity contribution < 1.29 is 8.42 Å². The quantitative estimate of drug-likeness (QED) is 0.898. The molecule has 0 aliphatic carbocycles. The number of thioether (sulfide) groups is 1. The molecule has 20 heavy (non-hydrogen) atoms. The molecule has 1 fully saturated rings. The molecule has 1 saturated heterocycles. The first-order valence-corrected chi connectivity index (χ1v) is 10.4. The summed E-state index contributed by atoms with van der Waals surface area (Å²) in [4.78, 5) is 0. The number of rotatable bonds is 5. The van der Waals surface area contributed by atoms with Crippen LogP contribution in [0.1, 0.15) is 25.8 Å². The maximum atomic E-state index is 12.6. The van der Waals surface area contributed by atoms with E-state index in [2.05, 4.69) is 19.2 Å². The Labute approximate surface area is 130 Å². The first-order chi connectivity index (χ1) is 9.50. The van der Waals surface area contributed by atoms with Crippen LogP contribution in [0.25, 0.3) is 0 Å². The van der Waals surface area contributed by atoms with E-state index in [1.165, 1.54) is 11.3 Å². The summed E-state index contributed by atoms with van der Waals surface area (Å²) in [6, 6.07) is 2.21. The normalized spacial score (nSPS) is 18.4. The summed E-state index contributed by atoms with van der Waals surface area (Å²) in [5.74, 6) is 1.95. The molecule has 0 amide bonds. The van der Waals surface area contributed by atoms with Gasteiger partial charge in [-0.05, 0) is 29.2 Å². The predicted octanol–water partition coefficient (Wildman–Crippen LogP) is 2.37. The molecule has 114 valence electrons. The molecule has 1 aromatic rings. The summed E-state index contributed by atoms with van der Waals surface area (Å²) in [7, 11) is -3.29. The van der Waals surface area contributed by atoms with Crippen molar-refractivity contribution in [3.8, 4) is 0 Å². The lowest BCUT2D eigenvalue weighted by Crippen LogP contribution is -2.32. The van der Waals surface area contributed by atoms with Gasteiger partial charge in [0.1, 0.15) is 4.21 Å². The van der Waals surface area contributed by atoms with Gasteiger partial charge in [-0.1, -0.05) is 13.8 Å². The van der Waals surface area contributed by atoms with E-state index in [0.717, 1.165) is 30.0 Å². The lowest BCUT2D eigenvalue weighted by molar-refractivity contribution is 0.436. The first-order valence-electron chi connectivity index (χ1n) is 6.89. The molecule has 0 bridgehead atoms. The predicted molar refractivity (Wildman–Crippen MR) is 87.0 cm³/mol. The summed E-state index contributed by atoms with van der Waals surface area (Å²) >= 11 is 3.17. The highest BCUT2D eigenvalue weighted by Crippen LogP contribution is 2.25. The molecule has 1 aromatic heterocycles. The van der Waals surface area contributed by atoms with E-state index in [0.29, 0.717) is 23.3 Å². The molecule has 0 spiro atoms. The van der Waals surface area contributed by atoms with Gasteiger partial charge in [-0.25, -0.2) is 8.42 Å². The summed E-state index contributed by atoms with van der Waals surface area (Å²) in [6.45, 7) is 6.16. The SMILES string of the molecule is CC(C)NCc1csc(S(=O)(=O)N2CCCSCC2)c1. The zero-order valence-electron chi connectivity index (χ0n) is 12.0. The molecule has 1 N–H and O–H groups in total. The number of hydrogen-bond donors (Lipinski definition) is 1. The molecular weight excluding hydrogens is 312 g/mol. The van der Waals surface area contributed by atoms with E-state index in [9.17, 15) is 8.42 Å². The van der Waals surface area contributed by atoms with Crippen LogP contribution in [0.4, 0.5) is 0 Å². The number of sulfonamides is 1. The second-order valence-corrected chi connectivity index (χ2v) is 9.48. The second kappa shape index (κ2) is 7.26. The molecule has 0 unspecified atom stereocenters. The van der Waals surface area contributed by atoms with Crippen LogP contribution in [-0.4, -0.2) is 43.4 Å². The lowest BCUT2D eigenvalue weighted by atomic mass is 10.3. The van der Waals surface area contributed by atoms with E-state index < -0.39 is 10.0 Å². The Balaban J connectivity index is 2.08. The highest BCUT2D eigenvalue weighted by Gasteiger charge is 2.26. The van der Waals surface area contributed by atoms with Crippen LogP contribution >= 0.6 is 23.1 Å². The number of hydrogen-bond acceptors (Lipinski definition) is 5. The first kappa shape index (κ1) is 16.3. The van der Waals surface area contributed by atoms with Gasteiger partial charge in [0.15, 0.2) is 0 Å². The molecule has 2 heterocycles. The van der Waals surface area contributed by atoms with Gasteiger partial charge in [-0.15, -0.1) is 11.3 Å². The number of nitrogens with zero attached hydrogens (tertiary/aromatic N) is 1. The Morgan fingerprint density at radius 3 is 2.90 bits per heavy atom. The largest absolute Gasteiger partial charge is 0.310 e. The minimum Gasteiger partial charge on any atom is -0.310 e. The zero-order chi connectivity index (χ0) is 14.6. The van der Waals surface area contributed by atoms with E-state index >= 15 is 0 Å². The molecular formula is C13H22N2O2S3. The second-order valence-electron chi connectivity index (χ2n) is 5.18.